The second kappa shape index (κ2) is 5.69. The van der Waals surface area contributed by atoms with Crippen molar-refractivity contribution >= 4 is 0 Å². The van der Waals surface area contributed by atoms with Crippen LogP contribution in [0.2, 0.25) is 0 Å². The lowest BCUT2D eigenvalue weighted by Gasteiger charge is -2.16. The maximum atomic E-state index is 10.4. The first-order valence-corrected chi connectivity index (χ1v) is 7.39. The molecule has 0 aromatic heterocycles. The van der Waals surface area contributed by atoms with Gasteiger partial charge in [-0.1, -0.05) is 24.3 Å². The quantitative estimate of drug-likeness (QED) is 0.640. The van der Waals surface area contributed by atoms with Gasteiger partial charge in [-0.2, -0.15) is 0 Å². The Kier molecular flexibility index (Phi) is 3.70. The van der Waals surface area contributed by atoms with Crippen molar-refractivity contribution in [3.8, 4) is 39.5 Å². The van der Waals surface area contributed by atoms with Crippen molar-refractivity contribution in [2.24, 2.45) is 0 Å². The highest BCUT2D eigenvalue weighted by molar-refractivity contribution is 5.89. The van der Waals surface area contributed by atoms with Crippen LogP contribution in [-0.2, 0) is 0 Å². The Morgan fingerprint density at radius 2 is 1.17 bits per heavy atom. The van der Waals surface area contributed by atoms with Crippen molar-refractivity contribution in [3.63, 3.8) is 0 Å². The fourth-order valence-electron chi connectivity index (χ4n) is 2.93. The zero-order valence-electron chi connectivity index (χ0n) is 13.0. The average molecular weight is 306 g/mol. The molecule has 3 N–H and O–H groups in total. The molecule has 0 bridgehead atoms. The highest BCUT2D eigenvalue weighted by atomic mass is 16.3. The minimum Gasteiger partial charge on any atom is -0.508 e. The zero-order valence-corrected chi connectivity index (χ0v) is 13.0. The van der Waals surface area contributed by atoms with E-state index in [1.807, 2.05) is 26.0 Å². The molecule has 0 atom stereocenters. The van der Waals surface area contributed by atoms with Gasteiger partial charge >= 0.3 is 0 Å². The molecule has 0 amide bonds. The topological polar surface area (TPSA) is 60.7 Å². The van der Waals surface area contributed by atoms with E-state index >= 15 is 0 Å². The predicted octanol–water partition coefficient (Wildman–Crippen LogP) is 4.75. The largest absolute Gasteiger partial charge is 0.508 e. The standard InChI is InChI=1S/C20H18O3/c1-12-10-14(21)6-8-16(12)18-4-3-5-19(23)20(18)17-9-7-15(22)11-13(17)2/h3-11,21-23H,1-2H3. The third-order valence-corrected chi connectivity index (χ3v) is 4.02. The molecule has 0 fully saturated rings. The predicted molar refractivity (Wildman–Crippen MR) is 91.8 cm³/mol. The molecular weight excluding hydrogens is 288 g/mol. The van der Waals surface area contributed by atoms with Crippen molar-refractivity contribution in [2.45, 2.75) is 13.8 Å². The summed E-state index contributed by atoms with van der Waals surface area (Å²) in [6.45, 7) is 3.82. The Morgan fingerprint density at radius 3 is 1.74 bits per heavy atom. The fraction of sp³-hybridized carbons (Fsp3) is 0.100. The van der Waals surface area contributed by atoms with Gasteiger partial charge in [-0.05, 0) is 72.0 Å². The second-order valence-corrected chi connectivity index (χ2v) is 5.70. The van der Waals surface area contributed by atoms with E-state index in [2.05, 4.69) is 0 Å². The molecule has 3 rings (SSSR count). The van der Waals surface area contributed by atoms with Gasteiger partial charge in [-0.25, -0.2) is 0 Å². The van der Waals surface area contributed by atoms with Gasteiger partial charge in [0, 0.05) is 5.56 Å². The molecule has 3 aromatic rings. The fourth-order valence-corrected chi connectivity index (χ4v) is 2.93. The van der Waals surface area contributed by atoms with Crippen LogP contribution >= 0.6 is 0 Å². The van der Waals surface area contributed by atoms with Crippen molar-refractivity contribution in [3.05, 3.63) is 65.7 Å². The summed E-state index contributed by atoms with van der Waals surface area (Å²) in [7, 11) is 0. The van der Waals surface area contributed by atoms with Crippen LogP contribution in [0.5, 0.6) is 17.2 Å². The molecule has 0 heterocycles. The number of rotatable bonds is 2. The number of benzene rings is 3. The third kappa shape index (κ3) is 2.73. The van der Waals surface area contributed by atoms with E-state index in [1.54, 1.807) is 42.5 Å². The van der Waals surface area contributed by atoms with Crippen molar-refractivity contribution < 1.29 is 15.3 Å². The number of aryl methyl sites for hydroxylation is 2. The van der Waals surface area contributed by atoms with Gasteiger partial charge in [0.25, 0.3) is 0 Å². The summed E-state index contributed by atoms with van der Waals surface area (Å²) in [4.78, 5) is 0. The first-order valence-electron chi connectivity index (χ1n) is 7.39. The van der Waals surface area contributed by atoms with Crippen LogP contribution in [0.25, 0.3) is 22.3 Å². The summed E-state index contributed by atoms with van der Waals surface area (Å²) >= 11 is 0. The Morgan fingerprint density at radius 1 is 0.609 bits per heavy atom. The van der Waals surface area contributed by atoms with Crippen LogP contribution in [0.1, 0.15) is 11.1 Å². The summed E-state index contributed by atoms with van der Waals surface area (Å²) in [6, 6.07) is 15.7. The Balaban J connectivity index is 2.29. The lowest BCUT2D eigenvalue weighted by molar-refractivity contribution is 0.473. The van der Waals surface area contributed by atoms with Gasteiger partial charge in [0.15, 0.2) is 0 Å². The van der Waals surface area contributed by atoms with E-state index < -0.39 is 0 Å². The Hall–Kier alpha value is -2.94. The molecular formula is C20H18O3. The first kappa shape index (κ1) is 15.0. The number of phenols is 3. The van der Waals surface area contributed by atoms with Crippen molar-refractivity contribution in [1.29, 1.82) is 0 Å². The van der Waals surface area contributed by atoms with Gasteiger partial charge in [-0.15, -0.1) is 0 Å². The maximum absolute atomic E-state index is 10.4. The van der Waals surface area contributed by atoms with Gasteiger partial charge < -0.3 is 15.3 Å². The molecule has 3 aromatic carbocycles. The van der Waals surface area contributed by atoms with Crippen LogP contribution < -0.4 is 0 Å². The highest BCUT2D eigenvalue weighted by Crippen LogP contribution is 2.42. The molecule has 3 heteroatoms. The normalized spacial score (nSPS) is 10.7. The Bertz CT molecular complexity index is 882. The molecule has 23 heavy (non-hydrogen) atoms. The summed E-state index contributed by atoms with van der Waals surface area (Å²) in [5.41, 5.74) is 5.22. The minimum absolute atomic E-state index is 0.184. The van der Waals surface area contributed by atoms with Crippen LogP contribution in [0.3, 0.4) is 0 Å². The molecule has 0 saturated heterocycles. The lowest BCUT2D eigenvalue weighted by atomic mass is 9.89. The first-order chi connectivity index (χ1) is 11.0. The Labute approximate surface area is 135 Å². The SMILES string of the molecule is Cc1cc(O)ccc1-c1cccc(O)c1-c1ccc(O)cc1C. The number of aromatic hydroxyl groups is 3. The smallest absolute Gasteiger partial charge is 0.124 e. The second-order valence-electron chi connectivity index (χ2n) is 5.70. The maximum Gasteiger partial charge on any atom is 0.124 e. The van der Waals surface area contributed by atoms with E-state index in [0.29, 0.717) is 0 Å². The summed E-state index contributed by atoms with van der Waals surface area (Å²) in [5, 5.41) is 29.7. The number of hydrogen-bond donors (Lipinski definition) is 3. The van der Waals surface area contributed by atoms with Crippen LogP contribution in [0, 0.1) is 13.8 Å². The molecule has 116 valence electrons. The van der Waals surface area contributed by atoms with E-state index in [4.69, 9.17) is 0 Å². The van der Waals surface area contributed by atoms with Gasteiger partial charge in [0.1, 0.15) is 17.2 Å². The number of phenolic OH excluding ortho intramolecular Hbond substituents is 3. The van der Waals surface area contributed by atoms with E-state index in [9.17, 15) is 15.3 Å². The summed E-state index contributed by atoms with van der Waals surface area (Å²) < 4.78 is 0. The van der Waals surface area contributed by atoms with Crippen LogP contribution in [0.4, 0.5) is 0 Å². The van der Waals surface area contributed by atoms with Gasteiger partial charge in [-0.3, -0.25) is 0 Å². The minimum atomic E-state index is 0.184. The van der Waals surface area contributed by atoms with E-state index in [0.717, 1.165) is 33.4 Å². The summed E-state index contributed by atoms with van der Waals surface area (Å²) in [5.74, 6) is 0.599. The molecule has 0 aliphatic heterocycles. The third-order valence-electron chi connectivity index (χ3n) is 4.02. The van der Waals surface area contributed by atoms with E-state index in [1.165, 1.54) is 0 Å². The molecule has 0 radical (unpaired) electrons. The summed E-state index contributed by atoms with van der Waals surface area (Å²) in [6.07, 6.45) is 0. The highest BCUT2D eigenvalue weighted by Gasteiger charge is 2.15. The molecule has 0 aliphatic carbocycles. The van der Waals surface area contributed by atoms with Crippen LogP contribution in [-0.4, -0.2) is 15.3 Å². The number of hydrogen-bond acceptors (Lipinski definition) is 3. The van der Waals surface area contributed by atoms with Crippen molar-refractivity contribution in [1.82, 2.24) is 0 Å². The average Bonchev–Trinajstić information content (AvgIpc) is 2.48. The van der Waals surface area contributed by atoms with Crippen molar-refractivity contribution in [2.75, 3.05) is 0 Å². The zero-order chi connectivity index (χ0) is 16.6. The molecule has 3 nitrogen and oxygen atoms in total. The molecule has 0 unspecified atom stereocenters. The molecule has 0 spiro atoms. The molecule has 0 aliphatic rings. The monoisotopic (exact) mass is 306 g/mol. The molecule has 0 saturated carbocycles. The van der Waals surface area contributed by atoms with Gasteiger partial charge in [0.05, 0.1) is 0 Å². The lowest BCUT2D eigenvalue weighted by Crippen LogP contribution is -1.91. The van der Waals surface area contributed by atoms with Crippen LogP contribution in [0.15, 0.2) is 54.6 Å². The van der Waals surface area contributed by atoms with Gasteiger partial charge in [0.2, 0.25) is 0 Å². The van der Waals surface area contributed by atoms with E-state index in [-0.39, 0.29) is 17.2 Å².